The zero-order chi connectivity index (χ0) is 15.0. The molecule has 1 aliphatic carbocycles. The summed E-state index contributed by atoms with van der Waals surface area (Å²) in [5.41, 5.74) is 0.658. The summed E-state index contributed by atoms with van der Waals surface area (Å²) in [6, 6.07) is 9.59. The molecule has 0 bridgehead atoms. The normalized spacial score (nSPS) is 21.0. The van der Waals surface area contributed by atoms with Crippen LogP contribution in [0.15, 0.2) is 36.4 Å². The third-order valence-corrected chi connectivity index (χ3v) is 4.16. The number of hydrogen-bond donors (Lipinski definition) is 1. The van der Waals surface area contributed by atoms with Gasteiger partial charge in [-0.25, -0.2) is 8.78 Å². The zero-order valence-electron chi connectivity index (χ0n) is 11.7. The van der Waals surface area contributed by atoms with E-state index in [0.29, 0.717) is 18.6 Å². The molecule has 0 aliphatic heterocycles. The second-order valence-electron chi connectivity index (χ2n) is 5.44. The predicted octanol–water partition coefficient (Wildman–Crippen LogP) is 3.35. The van der Waals surface area contributed by atoms with Gasteiger partial charge < -0.3 is 9.84 Å². The first kappa shape index (κ1) is 14.0. The summed E-state index contributed by atoms with van der Waals surface area (Å²) < 4.78 is 32.6. The summed E-state index contributed by atoms with van der Waals surface area (Å²) in [5.74, 6) is -1.21. The first-order valence-corrected chi connectivity index (χ1v) is 6.86. The van der Waals surface area contributed by atoms with E-state index in [2.05, 4.69) is 0 Å². The largest absolute Gasteiger partial charge is 0.497 e. The van der Waals surface area contributed by atoms with Crippen LogP contribution < -0.4 is 4.74 Å². The third kappa shape index (κ3) is 2.40. The number of benzene rings is 2. The van der Waals surface area contributed by atoms with Crippen LogP contribution in [0.3, 0.4) is 0 Å². The summed E-state index contributed by atoms with van der Waals surface area (Å²) in [7, 11) is 1.57. The molecule has 1 N–H and O–H groups in total. The summed E-state index contributed by atoms with van der Waals surface area (Å²) >= 11 is 0. The topological polar surface area (TPSA) is 29.5 Å². The minimum Gasteiger partial charge on any atom is -0.497 e. The van der Waals surface area contributed by atoms with Crippen molar-refractivity contribution in [2.24, 2.45) is 0 Å². The van der Waals surface area contributed by atoms with Crippen molar-refractivity contribution in [1.82, 2.24) is 0 Å². The van der Waals surface area contributed by atoms with Gasteiger partial charge in [-0.15, -0.1) is 0 Å². The van der Waals surface area contributed by atoms with Crippen molar-refractivity contribution in [2.75, 3.05) is 7.11 Å². The quantitative estimate of drug-likeness (QED) is 0.919. The summed E-state index contributed by atoms with van der Waals surface area (Å²) in [5, 5.41) is 10.8. The number of methoxy groups -OCH3 is 1. The highest BCUT2D eigenvalue weighted by molar-refractivity contribution is 5.41. The van der Waals surface area contributed by atoms with E-state index in [0.717, 1.165) is 17.2 Å². The van der Waals surface area contributed by atoms with Crippen LogP contribution in [0, 0.1) is 11.6 Å². The number of fused-ring (bicyclic) bond motifs is 1. The van der Waals surface area contributed by atoms with Gasteiger partial charge in [-0.3, -0.25) is 0 Å². The van der Waals surface area contributed by atoms with E-state index in [9.17, 15) is 13.9 Å². The molecule has 0 saturated carbocycles. The van der Waals surface area contributed by atoms with Crippen molar-refractivity contribution in [3.8, 4) is 5.75 Å². The Hall–Kier alpha value is -1.94. The molecule has 2 nitrogen and oxygen atoms in total. The SMILES string of the molecule is COc1ccc2c(c1)CC(O)(c1cccc(F)c1F)CC2. The zero-order valence-corrected chi connectivity index (χ0v) is 11.7. The molecule has 110 valence electrons. The fourth-order valence-corrected chi connectivity index (χ4v) is 2.98. The molecule has 0 aromatic heterocycles. The van der Waals surface area contributed by atoms with Gasteiger partial charge in [0.2, 0.25) is 0 Å². The first-order chi connectivity index (χ1) is 10.0. The van der Waals surface area contributed by atoms with Crippen LogP contribution in [0.5, 0.6) is 5.75 Å². The van der Waals surface area contributed by atoms with Gasteiger partial charge in [0.1, 0.15) is 5.75 Å². The van der Waals surface area contributed by atoms with Crippen LogP contribution in [0.2, 0.25) is 0 Å². The van der Waals surface area contributed by atoms with E-state index in [-0.39, 0.29) is 12.0 Å². The Morgan fingerprint density at radius 1 is 1.14 bits per heavy atom. The molecule has 21 heavy (non-hydrogen) atoms. The molecule has 0 radical (unpaired) electrons. The van der Waals surface area contributed by atoms with E-state index >= 15 is 0 Å². The van der Waals surface area contributed by atoms with Crippen molar-refractivity contribution >= 4 is 0 Å². The minimum absolute atomic E-state index is 0.0240. The molecule has 0 amide bonds. The summed E-state index contributed by atoms with van der Waals surface area (Å²) in [6.45, 7) is 0. The maximum Gasteiger partial charge on any atom is 0.164 e. The molecule has 1 atom stereocenters. The van der Waals surface area contributed by atoms with Gasteiger partial charge in [-0.05, 0) is 42.2 Å². The van der Waals surface area contributed by atoms with Gasteiger partial charge in [0.05, 0.1) is 12.7 Å². The van der Waals surface area contributed by atoms with Gasteiger partial charge in [0.25, 0.3) is 0 Å². The lowest BCUT2D eigenvalue weighted by molar-refractivity contribution is 0.0181. The fourth-order valence-electron chi connectivity index (χ4n) is 2.98. The van der Waals surface area contributed by atoms with Crippen molar-refractivity contribution in [3.05, 3.63) is 64.7 Å². The summed E-state index contributed by atoms with van der Waals surface area (Å²) in [4.78, 5) is 0. The minimum atomic E-state index is -1.38. The monoisotopic (exact) mass is 290 g/mol. The number of aliphatic hydroxyl groups is 1. The van der Waals surface area contributed by atoms with Crippen LogP contribution in [-0.4, -0.2) is 12.2 Å². The lowest BCUT2D eigenvalue weighted by Crippen LogP contribution is -2.34. The Labute approximate surface area is 122 Å². The Bertz CT molecular complexity index is 684. The van der Waals surface area contributed by atoms with Crippen molar-refractivity contribution in [3.63, 3.8) is 0 Å². The predicted molar refractivity (Wildman–Crippen MR) is 75.3 cm³/mol. The number of hydrogen-bond acceptors (Lipinski definition) is 2. The second-order valence-corrected chi connectivity index (χ2v) is 5.44. The summed E-state index contributed by atoms with van der Waals surface area (Å²) in [6.07, 6.45) is 1.23. The van der Waals surface area contributed by atoms with Crippen LogP contribution in [-0.2, 0) is 18.4 Å². The van der Waals surface area contributed by atoms with Gasteiger partial charge in [-0.2, -0.15) is 0 Å². The van der Waals surface area contributed by atoms with Crippen LogP contribution in [0.4, 0.5) is 8.78 Å². The van der Waals surface area contributed by atoms with Crippen molar-refractivity contribution in [1.29, 1.82) is 0 Å². The van der Waals surface area contributed by atoms with Gasteiger partial charge in [-0.1, -0.05) is 18.2 Å². The Kier molecular flexibility index (Phi) is 3.41. The van der Waals surface area contributed by atoms with Crippen molar-refractivity contribution in [2.45, 2.75) is 24.9 Å². The number of halogens is 2. The molecule has 0 fully saturated rings. The third-order valence-electron chi connectivity index (χ3n) is 4.16. The number of ether oxygens (including phenoxy) is 1. The van der Waals surface area contributed by atoms with Gasteiger partial charge in [0.15, 0.2) is 11.6 Å². The smallest absolute Gasteiger partial charge is 0.164 e. The molecule has 2 aromatic rings. The Balaban J connectivity index is 2.02. The average Bonchev–Trinajstić information content (AvgIpc) is 2.49. The highest BCUT2D eigenvalue weighted by Gasteiger charge is 2.36. The van der Waals surface area contributed by atoms with Gasteiger partial charge >= 0.3 is 0 Å². The van der Waals surface area contributed by atoms with Crippen molar-refractivity contribution < 1.29 is 18.6 Å². The molecule has 0 saturated heterocycles. The van der Waals surface area contributed by atoms with Crippen LogP contribution >= 0.6 is 0 Å². The Morgan fingerprint density at radius 3 is 2.71 bits per heavy atom. The molecular formula is C17H16F2O2. The van der Waals surface area contributed by atoms with E-state index in [4.69, 9.17) is 4.74 Å². The molecular weight excluding hydrogens is 274 g/mol. The molecule has 1 unspecified atom stereocenters. The lowest BCUT2D eigenvalue weighted by Gasteiger charge is -2.34. The molecule has 2 aromatic carbocycles. The molecule has 0 heterocycles. The van der Waals surface area contributed by atoms with E-state index < -0.39 is 17.2 Å². The second kappa shape index (κ2) is 5.11. The maximum atomic E-state index is 14.0. The standard InChI is InChI=1S/C17H16F2O2/c1-21-13-6-5-11-7-8-17(20,10-12(11)9-13)14-3-2-4-15(18)16(14)19/h2-6,9,20H,7-8,10H2,1H3. The van der Waals surface area contributed by atoms with E-state index in [1.54, 1.807) is 7.11 Å². The lowest BCUT2D eigenvalue weighted by atomic mass is 9.76. The highest BCUT2D eigenvalue weighted by atomic mass is 19.2. The first-order valence-electron chi connectivity index (χ1n) is 6.86. The Morgan fingerprint density at radius 2 is 1.95 bits per heavy atom. The van der Waals surface area contributed by atoms with Crippen LogP contribution in [0.25, 0.3) is 0 Å². The number of rotatable bonds is 2. The van der Waals surface area contributed by atoms with Crippen LogP contribution in [0.1, 0.15) is 23.1 Å². The fraction of sp³-hybridized carbons (Fsp3) is 0.294. The average molecular weight is 290 g/mol. The van der Waals surface area contributed by atoms with E-state index in [1.807, 2.05) is 18.2 Å². The molecule has 0 spiro atoms. The number of aryl methyl sites for hydroxylation is 1. The molecule has 4 heteroatoms. The molecule has 1 aliphatic rings. The van der Waals surface area contributed by atoms with Gasteiger partial charge in [0, 0.05) is 12.0 Å². The molecule has 3 rings (SSSR count). The van der Waals surface area contributed by atoms with E-state index in [1.165, 1.54) is 12.1 Å². The maximum absolute atomic E-state index is 14.0. The highest BCUT2D eigenvalue weighted by Crippen LogP contribution is 2.39.